The molecule has 0 atom stereocenters. The second-order valence-corrected chi connectivity index (χ2v) is 8.01. The molecule has 2 aliphatic rings. The Morgan fingerprint density at radius 1 is 1.32 bits per heavy atom. The molecule has 1 saturated heterocycles. The fourth-order valence-electron chi connectivity index (χ4n) is 3.43. The van der Waals surface area contributed by atoms with Crippen LogP contribution in [0.15, 0.2) is 11.2 Å². The lowest BCUT2D eigenvalue weighted by atomic mass is 9.95. The molecule has 0 aromatic carbocycles. The van der Waals surface area contributed by atoms with Crippen LogP contribution in [0.25, 0.3) is 0 Å². The highest BCUT2D eigenvalue weighted by molar-refractivity contribution is 7.99. The maximum absolute atomic E-state index is 12.8. The molecule has 1 amide bonds. The zero-order chi connectivity index (χ0) is 17.5. The number of nitrogens with one attached hydrogen (secondary N) is 1. The molecule has 3 rings (SSSR count). The first-order valence-corrected chi connectivity index (χ1v) is 10.6. The second kappa shape index (κ2) is 9.41. The molecule has 6 heteroatoms. The van der Waals surface area contributed by atoms with E-state index in [0.717, 1.165) is 61.9 Å². The van der Waals surface area contributed by atoms with Gasteiger partial charge in [-0.05, 0) is 44.3 Å². The van der Waals surface area contributed by atoms with E-state index in [0.29, 0.717) is 11.6 Å². The van der Waals surface area contributed by atoms with E-state index in [9.17, 15) is 4.79 Å². The average Bonchev–Trinajstić information content (AvgIpc) is 2.67. The predicted octanol–water partition coefficient (Wildman–Crippen LogP) is 3.85. The summed E-state index contributed by atoms with van der Waals surface area (Å²) in [5.41, 5.74) is 0.633. The van der Waals surface area contributed by atoms with E-state index in [1.54, 1.807) is 18.0 Å². The number of nitrogens with zero attached hydrogens (tertiary/aromatic N) is 3. The van der Waals surface area contributed by atoms with Crippen LogP contribution in [-0.2, 0) is 0 Å². The number of carbonyl (C=O) groups excluding carboxylic acids is 1. The van der Waals surface area contributed by atoms with Crippen LogP contribution in [0.5, 0.6) is 0 Å². The Kier molecular flexibility index (Phi) is 6.96. The number of aromatic nitrogens is 2. The molecule has 1 aromatic rings. The fourth-order valence-corrected chi connectivity index (χ4v) is 4.28. The molecule has 25 heavy (non-hydrogen) atoms. The molecule has 137 valence electrons. The summed E-state index contributed by atoms with van der Waals surface area (Å²) in [4.78, 5) is 24.2. The summed E-state index contributed by atoms with van der Waals surface area (Å²) in [5, 5.41) is 4.02. The zero-order valence-corrected chi connectivity index (χ0v) is 16.0. The Morgan fingerprint density at radius 2 is 2.16 bits per heavy atom. The van der Waals surface area contributed by atoms with E-state index in [1.165, 1.54) is 19.3 Å². The van der Waals surface area contributed by atoms with Gasteiger partial charge in [0.2, 0.25) is 5.95 Å². The third kappa shape index (κ3) is 5.09. The van der Waals surface area contributed by atoms with Gasteiger partial charge in [0, 0.05) is 25.3 Å². The molecule has 2 heterocycles. The van der Waals surface area contributed by atoms with Crippen molar-refractivity contribution >= 4 is 23.6 Å². The summed E-state index contributed by atoms with van der Waals surface area (Å²) in [6.07, 6.45) is 13.3. The normalized spacial score (nSPS) is 19.0. The molecule has 1 saturated carbocycles. The molecule has 1 N–H and O–H groups in total. The number of hydrogen-bond donors (Lipinski definition) is 1. The minimum absolute atomic E-state index is 0.0118. The highest BCUT2D eigenvalue weighted by atomic mass is 32.2. The first kappa shape index (κ1) is 18.5. The summed E-state index contributed by atoms with van der Waals surface area (Å²) >= 11 is 1.67. The Morgan fingerprint density at radius 3 is 2.88 bits per heavy atom. The number of piperidine rings is 1. The number of carbonyl (C=O) groups is 1. The molecule has 0 unspecified atom stereocenters. The molecule has 5 nitrogen and oxygen atoms in total. The summed E-state index contributed by atoms with van der Waals surface area (Å²) in [6.45, 7) is 4.03. The smallest absolute Gasteiger partial charge is 0.255 e. The average molecular weight is 362 g/mol. The van der Waals surface area contributed by atoms with Crippen molar-refractivity contribution in [3.05, 3.63) is 18.2 Å². The maximum atomic E-state index is 12.8. The van der Waals surface area contributed by atoms with Crippen LogP contribution < -0.4 is 10.2 Å². The van der Waals surface area contributed by atoms with Crippen molar-refractivity contribution in [1.82, 2.24) is 15.3 Å². The van der Waals surface area contributed by atoms with Crippen molar-refractivity contribution < 1.29 is 4.79 Å². The predicted molar refractivity (Wildman–Crippen MR) is 103 cm³/mol. The van der Waals surface area contributed by atoms with Gasteiger partial charge < -0.3 is 10.2 Å². The van der Waals surface area contributed by atoms with Crippen molar-refractivity contribution in [3.8, 4) is 0 Å². The lowest BCUT2D eigenvalue weighted by molar-refractivity contribution is 0.0923. The van der Waals surface area contributed by atoms with Gasteiger partial charge in [0.25, 0.3) is 5.91 Å². The Hall–Kier alpha value is -1.30. The summed E-state index contributed by atoms with van der Waals surface area (Å²) in [7, 11) is 0. The van der Waals surface area contributed by atoms with E-state index in [2.05, 4.69) is 28.5 Å². The Bertz CT molecular complexity index is 569. The molecular weight excluding hydrogens is 332 g/mol. The van der Waals surface area contributed by atoms with Gasteiger partial charge in [0.05, 0.1) is 5.56 Å². The topological polar surface area (TPSA) is 58.1 Å². The Labute approximate surface area is 155 Å². The monoisotopic (exact) mass is 361 g/mol. The van der Waals surface area contributed by atoms with E-state index in [4.69, 9.17) is 4.98 Å². The van der Waals surface area contributed by atoms with E-state index >= 15 is 0 Å². The maximum Gasteiger partial charge on any atom is 0.255 e. The molecular formula is C19H29N4OS. The fraction of sp³-hybridized carbons (Fsp3) is 0.684. The summed E-state index contributed by atoms with van der Waals surface area (Å²) in [6, 6.07) is 0.307. The lowest BCUT2D eigenvalue weighted by Gasteiger charge is -2.27. The number of thioether (sulfide) groups is 1. The molecule has 2 fully saturated rings. The van der Waals surface area contributed by atoms with Gasteiger partial charge in [0.15, 0.2) is 0 Å². The second-order valence-electron chi connectivity index (χ2n) is 6.92. The van der Waals surface area contributed by atoms with Crippen LogP contribution in [0.1, 0.15) is 68.6 Å². The highest BCUT2D eigenvalue weighted by Crippen LogP contribution is 2.25. The third-order valence-corrected chi connectivity index (χ3v) is 6.03. The molecule has 1 radical (unpaired) electrons. The van der Waals surface area contributed by atoms with Crippen LogP contribution in [0.4, 0.5) is 5.95 Å². The molecule has 1 aliphatic carbocycles. The van der Waals surface area contributed by atoms with E-state index in [-0.39, 0.29) is 5.91 Å². The largest absolute Gasteiger partial charge is 0.349 e. The first-order valence-electron chi connectivity index (χ1n) is 9.65. The molecule has 0 bridgehead atoms. The Balaban J connectivity index is 1.74. The molecule has 1 aliphatic heterocycles. The van der Waals surface area contributed by atoms with Crippen molar-refractivity contribution in [2.75, 3.05) is 23.7 Å². The minimum Gasteiger partial charge on any atom is -0.349 e. The van der Waals surface area contributed by atoms with Gasteiger partial charge in [-0.25, -0.2) is 9.97 Å². The third-order valence-electron chi connectivity index (χ3n) is 4.84. The number of amides is 1. The van der Waals surface area contributed by atoms with Crippen molar-refractivity contribution in [2.45, 2.75) is 69.4 Å². The first-order chi connectivity index (χ1) is 12.3. The lowest BCUT2D eigenvalue weighted by Crippen LogP contribution is -2.37. The number of hydrogen-bond acceptors (Lipinski definition) is 5. The van der Waals surface area contributed by atoms with Gasteiger partial charge in [0.1, 0.15) is 5.03 Å². The van der Waals surface area contributed by atoms with Gasteiger partial charge in [-0.3, -0.25) is 4.79 Å². The van der Waals surface area contributed by atoms with Gasteiger partial charge in [-0.1, -0.05) is 26.2 Å². The van der Waals surface area contributed by atoms with Gasteiger partial charge >= 0.3 is 0 Å². The number of rotatable bonds is 6. The quantitative estimate of drug-likeness (QED) is 0.616. The van der Waals surface area contributed by atoms with Crippen LogP contribution in [0.3, 0.4) is 0 Å². The van der Waals surface area contributed by atoms with Crippen molar-refractivity contribution in [1.29, 1.82) is 0 Å². The van der Waals surface area contributed by atoms with Crippen LogP contribution >= 0.6 is 11.8 Å². The number of anilines is 1. The molecule has 1 aromatic heterocycles. The van der Waals surface area contributed by atoms with E-state index < -0.39 is 0 Å². The summed E-state index contributed by atoms with van der Waals surface area (Å²) < 4.78 is 0. The van der Waals surface area contributed by atoms with Gasteiger partial charge in [-0.2, -0.15) is 0 Å². The van der Waals surface area contributed by atoms with Crippen LogP contribution in [0, 0.1) is 6.42 Å². The van der Waals surface area contributed by atoms with Gasteiger partial charge in [-0.15, -0.1) is 11.8 Å². The van der Waals surface area contributed by atoms with Crippen LogP contribution in [-0.4, -0.2) is 40.8 Å². The molecule has 0 spiro atoms. The zero-order valence-electron chi connectivity index (χ0n) is 15.2. The van der Waals surface area contributed by atoms with E-state index in [1.807, 2.05) is 0 Å². The van der Waals surface area contributed by atoms with Crippen LogP contribution in [0.2, 0.25) is 0 Å². The van der Waals surface area contributed by atoms with Crippen molar-refractivity contribution in [2.24, 2.45) is 0 Å². The highest BCUT2D eigenvalue weighted by Gasteiger charge is 2.22. The standard InChI is InChI=1S/C19H29N4OS/c1-2-13-25-18-16(17(24)21-15-9-5-3-6-10-15)14-20-19(22-18)23-11-7-4-8-12-23/h7,14-15H,2-6,8-13H2,1H3,(H,21,24). The summed E-state index contributed by atoms with van der Waals surface area (Å²) in [5.74, 6) is 1.71. The van der Waals surface area contributed by atoms with Crippen molar-refractivity contribution in [3.63, 3.8) is 0 Å². The SMILES string of the molecule is CCCSc1nc(N2C[CH]CCC2)ncc1C(=O)NC1CCCCC1. The minimum atomic E-state index is -0.0118.